The molecule has 0 bridgehead atoms. The van der Waals surface area contributed by atoms with Crippen molar-refractivity contribution in [1.82, 2.24) is 10.6 Å². The van der Waals surface area contributed by atoms with Crippen LogP contribution in [0.15, 0.2) is 18.2 Å². The van der Waals surface area contributed by atoms with Crippen molar-refractivity contribution < 1.29 is 27.6 Å². The molecular weight excluding hydrogens is 355 g/mol. The Morgan fingerprint density at radius 1 is 1.33 bits per heavy atom. The van der Waals surface area contributed by atoms with Crippen molar-refractivity contribution >= 4 is 24.0 Å². The van der Waals surface area contributed by atoms with Crippen molar-refractivity contribution in [1.29, 1.82) is 0 Å². The summed E-state index contributed by atoms with van der Waals surface area (Å²) in [6.45, 7) is 1.69. The van der Waals surface area contributed by atoms with E-state index in [4.69, 9.17) is 0 Å². The number of halogens is 4. The van der Waals surface area contributed by atoms with Crippen LogP contribution in [-0.4, -0.2) is 43.2 Å². The van der Waals surface area contributed by atoms with E-state index < -0.39 is 29.3 Å². The molecule has 0 heterocycles. The van der Waals surface area contributed by atoms with Gasteiger partial charge in [0.05, 0.1) is 4.92 Å². The summed E-state index contributed by atoms with van der Waals surface area (Å²) < 4.78 is 40.9. The molecule has 0 radical (unpaired) electrons. The van der Waals surface area contributed by atoms with Gasteiger partial charge in [-0.15, -0.1) is 12.4 Å². The minimum absolute atomic E-state index is 0. The van der Waals surface area contributed by atoms with Gasteiger partial charge in [0.25, 0.3) is 11.6 Å². The lowest BCUT2D eigenvalue weighted by atomic mass is 10.1. The van der Waals surface area contributed by atoms with Gasteiger partial charge in [-0.05, 0) is 18.7 Å². The van der Waals surface area contributed by atoms with Crippen molar-refractivity contribution in [2.75, 3.05) is 26.2 Å². The fourth-order valence-corrected chi connectivity index (χ4v) is 1.65. The number of nitrogens with one attached hydrogen (secondary N) is 2. The fraction of sp³-hybridized carbons (Fsp3) is 0.462. The number of ether oxygens (including phenoxy) is 1. The molecule has 0 saturated heterocycles. The van der Waals surface area contributed by atoms with Gasteiger partial charge in [-0.3, -0.25) is 14.9 Å². The number of nitrogens with zero attached hydrogens (tertiary/aromatic N) is 1. The number of amides is 1. The zero-order valence-electron chi connectivity index (χ0n) is 12.7. The smallest absolute Gasteiger partial charge is 0.422 e. The van der Waals surface area contributed by atoms with Crippen molar-refractivity contribution in [3.05, 3.63) is 33.9 Å². The summed E-state index contributed by atoms with van der Waals surface area (Å²) in [6.07, 6.45) is -4.55. The molecule has 0 aliphatic heterocycles. The van der Waals surface area contributed by atoms with Gasteiger partial charge in [0, 0.05) is 19.2 Å². The van der Waals surface area contributed by atoms with Gasteiger partial charge in [0.1, 0.15) is 11.3 Å². The highest BCUT2D eigenvalue weighted by molar-refractivity contribution is 5.98. The Labute approximate surface area is 142 Å². The summed E-state index contributed by atoms with van der Waals surface area (Å²) in [7, 11) is 0. The first kappa shape index (κ1) is 21.9. The van der Waals surface area contributed by atoms with Crippen LogP contribution in [0.3, 0.4) is 0 Å². The highest BCUT2D eigenvalue weighted by atomic mass is 35.5. The molecular formula is C13H17ClF3N3O4. The van der Waals surface area contributed by atoms with E-state index in [0.717, 1.165) is 18.2 Å². The van der Waals surface area contributed by atoms with E-state index in [1.165, 1.54) is 0 Å². The molecule has 0 unspecified atom stereocenters. The summed E-state index contributed by atoms with van der Waals surface area (Å²) in [5.74, 6) is -1.03. The molecule has 7 nitrogen and oxygen atoms in total. The molecule has 1 aromatic carbocycles. The summed E-state index contributed by atoms with van der Waals surface area (Å²) >= 11 is 0. The lowest BCUT2D eigenvalue weighted by Crippen LogP contribution is -2.32. The fourth-order valence-electron chi connectivity index (χ4n) is 1.65. The number of rotatable bonds is 8. The summed E-state index contributed by atoms with van der Waals surface area (Å²) in [6, 6.07) is 2.87. The molecule has 1 amide bonds. The third kappa shape index (κ3) is 7.47. The SMILES string of the molecule is CCNCCNC(=O)c1cc(OCC(F)(F)F)ccc1[N+](=O)[O-].Cl. The molecule has 0 spiro atoms. The molecule has 0 aliphatic carbocycles. The zero-order chi connectivity index (χ0) is 17.5. The molecule has 1 aromatic rings. The van der Waals surface area contributed by atoms with E-state index in [9.17, 15) is 28.1 Å². The maximum atomic E-state index is 12.1. The monoisotopic (exact) mass is 371 g/mol. The molecule has 2 N–H and O–H groups in total. The molecule has 24 heavy (non-hydrogen) atoms. The highest BCUT2D eigenvalue weighted by Gasteiger charge is 2.29. The number of nitro benzene ring substituents is 1. The lowest BCUT2D eigenvalue weighted by Gasteiger charge is -2.11. The van der Waals surface area contributed by atoms with E-state index in [-0.39, 0.29) is 30.3 Å². The Bertz CT molecular complexity index is 570. The second kappa shape index (κ2) is 9.93. The molecule has 11 heteroatoms. The minimum atomic E-state index is -4.55. The van der Waals surface area contributed by atoms with Gasteiger partial charge < -0.3 is 15.4 Å². The van der Waals surface area contributed by atoms with Gasteiger partial charge in [-0.2, -0.15) is 13.2 Å². The number of alkyl halides is 3. The molecule has 136 valence electrons. The van der Waals surface area contributed by atoms with Crippen LogP contribution in [-0.2, 0) is 0 Å². The number of carbonyl (C=O) groups is 1. The van der Waals surface area contributed by atoms with E-state index in [0.29, 0.717) is 13.1 Å². The van der Waals surface area contributed by atoms with E-state index in [2.05, 4.69) is 15.4 Å². The van der Waals surface area contributed by atoms with E-state index in [1.807, 2.05) is 6.92 Å². The Kier molecular flexibility index (Phi) is 9.08. The standard InChI is InChI=1S/C13H16F3N3O4.ClH/c1-2-17-5-6-18-12(20)10-7-9(23-8-13(14,15)16)3-4-11(10)19(21)22;/h3-4,7,17H,2,5-6,8H2,1H3,(H,18,20);1H. The summed E-state index contributed by atoms with van der Waals surface area (Å²) in [5.41, 5.74) is -0.864. The van der Waals surface area contributed by atoms with Crippen LogP contribution in [0.25, 0.3) is 0 Å². The molecule has 0 aliphatic rings. The van der Waals surface area contributed by atoms with Gasteiger partial charge in [0.2, 0.25) is 0 Å². The highest BCUT2D eigenvalue weighted by Crippen LogP contribution is 2.25. The van der Waals surface area contributed by atoms with E-state index in [1.54, 1.807) is 0 Å². The Morgan fingerprint density at radius 2 is 2.00 bits per heavy atom. The quantitative estimate of drug-likeness (QED) is 0.415. The third-order valence-corrected chi connectivity index (χ3v) is 2.65. The van der Waals surface area contributed by atoms with Crippen LogP contribution in [0.4, 0.5) is 18.9 Å². The predicted molar refractivity (Wildman–Crippen MR) is 82.8 cm³/mol. The van der Waals surface area contributed by atoms with Crippen LogP contribution in [0.1, 0.15) is 17.3 Å². The minimum Gasteiger partial charge on any atom is -0.484 e. The number of benzene rings is 1. The predicted octanol–water partition coefficient (Wildman–Crippen LogP) is 2.30. The van der Waals surface area contributed by atoms with Gasteiger partial charge >= 0.3 is 6.18 Å². The van der Waals surface area contributed by atoms with Crippen molar-refractivity contribution in [3.63, 3.8) is 0 Å². The number of hydrogen-bond donors (Lipinski definition) is 2. The summed E-state index contributed by atoms with van der Waals surface area (Å²) in [4.78, 5) is 22.1. The van der Waals surface area contributed by atoms with Gasteiger partial charge in [-0.25, -0.2) is 0 Å². The lowest BCUT2D eigenvalue weighted by molar-refractivity contribution is -0.385. The van der Waals surface area contributed by atoms with E-state index >= 15 is 0 Å². The normalized spacial score (nSPS) is 10.7. The van der Waals surface area contributed by atoms with Crippen LogP contribution >= 0.6 is 12.4 Å². The Morgan fingerprint density at radius 3 is 2.54 bits per heavy atom. The maximum Gasteiger partial charge on any atom is 0.422 e. The van der Waals surface area contributed by atoms with Crippen molar-refractivity contribution in [2.45, 2.75) is 13.1 Å². The molecule has 0 saturated carbocycles. The molecule has 0 atom stereocenters. The van der Waals surface area contributed by atoms with Gasteiger partial charge in [0.15, 0.2) is 6.61 Å². The molecule has 1 rings (SSSR count). The number of carbonyl (C=O) groups excluding carboxylic acids is 1. The first-order chi connectivity index (χ1) is 10.7. The molecule has 0 aromatic heterocycles. The van der Waals surface area contributed by atoms with Crippen molar-refractivity contribution in [3.8, 4) is 5.75 Å². The van der Waals surface area contributed by atoms with Crippen LogP contribution < -0.4 is 15.4 Å². The number of nitro groups is 1. The largest absolute Gasteiger partial charge is 0.484 e. The first-order valence-corrected chi connectivity index (χ1v) is 6.71. The number of hydrogen-bond acceptors (Lipinski definition) is 5. The van der Waals surface area contributed by atoms with Crippen LogP contribution in [0.5, 0.6) is 5.75 Å². The second-order valence-corrected chi connectivity index (χ2v) is 4.45. The summed E-state index contributed by atoms with van der Waals surface area (Å²) in [5, 5.41) is 16.3. The average Bonchev–Trinajstić information content (AvgIpc) is 2.48. The Balaban J connectivity index is 0.00000529. The van der Waals surface area contributed by atoms with Crippen molar-refractivity contribution in [2.24, 2.45) is 0 Å². The second-order valence-electron chi connectivity index (χ2n) is 4.45. The van der Waals surface area contributed by atoms with Gasteiger partial charge in [-0.1, -0.05) is 6.92 Å². The van der Waals surface area contributed by atoms with Crippen LogP contribution in [0, 0.1) is 10.1 Å². The Hall–Kier alpha value is -2.07. The number of likely N-dealkylation sites (N-methyl/N-ethyl adjacent to an activating group) is 1. The third-order valence-electron chi connectivity index (χ3n) is 2.65. The maximum absolute atomic E-state index is 12.1. The molecule has 0 fully saturated rings. The zero-order valence-corrected chi connectivity index (χ0v) is 13.5. The topological polar surface area (TPSA) is 93.5 Å². The van der Waals surface area contributed by atoms with Crippen LogP contribution in [0.2, 0.25) is 0 Å². The average molecular weight is 372 g/mol. The first-order valence-electron chi connectivity index (χ1n) is 6.71.